The predicted molar refractivity (Wildman–Crippen MR) is 56.9 cm³/mol. The summed E-state index contributed by atoms with van der Waals surface area (Å²) in [6.45, 7) is 0. The SMILES string of the molecule is O=C(/C=C/C(F)(F)F)Nc1ccc([N+](=O)[O-])cc1. The van der Waals surface area contributed by atoms with E-state index in [0.29, 0.717) is 6.08 Å². The summed E-state index contributed by atoms with van der Waals surface area (Å²) in [5, 5.41) is 12.5. The van der Waals surface area contributed by atoms with E-state index in [4.69, 9.17) is 0 Å². The standard InChI is InChI=1S/C10H7F3N2O3/c11-10(12,13)6-5-9(16)14-7-1-3-8(4-2-7)15(17)18/h1-6H,(H,14,16)/b6-5+. The van der Waals surface area contributed by atoms with Crippen LogP contribution >= 0.6 is 0 Å². The molecule has 1 N–H and O–H groups in total. The number of amides is 1. The Kier molecular flexibility index (Phi) is 4.03. The van der Waals surface area contributed by atoms with Gasteiger partial charge >= 0.3 is 6.18 Å². The lowest BCUT2D eigenvalue weighted by atomic mass is 10.3. The average Bonchev–Trinajstić information content (AvgIpc) is 2.26. The van der Waals surface area contributed by atoms with Gasteiger partial charge in [-0.2, -0.15) is 13.2 Å². The van der Waals surface area contributed by atoms with Gasteiger partial charge in [-0.3, -0.25) is 14.9 Å². The van der Waals surface area contributed by atoms with Crippen LogP contribution in [0.1, 0.15) is 0 Å². The molecular formula is C10H7F3N2O3. The highest BCUT2D eigenvalue weighted by Crippen LogP contribution is 2.17. The number of nitrogens with zero attached hydrogens (tertiary/aromatic N) is 1. The second-order valence-electron chi connectivity index (χ2n) is 3.17. The summed E-state index contributed by atoms with van der Waals surface area (Å²) in [6, 6.07) is 4.70. The number of non-ortho nitro benzene ring substituents is 1. The molecule has 1 aromatic rings. The molecule has 0 atom stereocenters. The van der Waals surface area contributed by atoms with Gasteiger partial charge in [0.1, 0.15) is 0 Å². The summed E-state index contributed by atoms with van der Waals surface area (Å²) in [5.74, 6) is -0.971. The number of benzene rings is 1. The third kappa shape index (κ3) is 4.64. The van der Waals surface area contributed by atoms with Crippen LogP contribution in [0.4, 0.5) is 24.5 Å². The number of nitro benzene ring substituents is 1. The van der Waals surface area contributed by atoms with Gasteiger partial charge in [-0.25, -0.2) is 0 Å². The molecule has 0 aliphatic rings. The normalized spacial score (nSPS) is 11.5. The van der Waals surface area contributed by atoms with E-state index in [2.05, 4.69) is 5.32 Å². The average molecular weight is 260 g/mol. The molecule has 8 heteroatoms. The Morgan fingerprint density at radius 1 is 1.28 bits per heavy atom. The van der Waals surface area contributed by atoms with Crippen LogP contribution in [0.15, 0.2) is 36.4 Å². The van der Waals surface area contributed by atoms with Gasteiger partial charge in [-0.1, -0.05) is 0 Å². The Hall–Kier alpha value is -2.38. The van der Waals surface area contributed by atoms with E-state index in [1.54, 1.807) is 0 Å². The van der Waals surface area contributed by atoms with Gasteiger partial charge in [0.05, 0.1) is 4.92 Å². The molecule has 0 aliphatic carbocycles. The lowest BCUT2D eigenvalue weighted by molar-refractivity contribution is -0.384. The fraction of sp³-hybridized carbons (Fsp3) is 0.100. The van der Waals surface area contributed by atoms with E-state index in [-0.39, 0.29) is 17.5 Å². The van der Waals surface area contributed by atoms with Crippen LogP contribution in [0.3, 0.4) is 0 Å². The molecule has 0 spiro atoms. The summed E-state index contributed by atoms with van der Waals surface area (Å²) >= 11 is 0. The fourth-order valence-electron chi connectivity index (χ4n) is 1.02. The maximum Gasteiger partial charge on any atom is 0.409 e. The third-order valence-corrected chi connectivity index (χ3v) is 1.77. The quantitative estimate of drug-likeness (QED) is 0.516. The molecule has 1 amide bonds. The van der Waals surface area contributed by atoms with Crippen LogP contribution in [0, 0.1) is 10.1 Å². The Morgan fingerprint density at radius 3 is 2.28 bits per heavy atom. The van der Waals surface area contributed by atoms with Crippen molar-refractivity contribution < 1.29 is 22.9 Å². The Balaban J connectivity index is 2.65. The topological polar surface area (TPSA) is 72.2 Å². The monoisotopic (exact) mass is 260 g/mol. The zero-order valence-electron chi connectivity index (χ0n) is 8.77. The highest BCUT2D eigenvalue weighted by atomic mass is 19.4. The molecule has 18 heavy (non-hydrogen) atoms. The number of carbonyl (C=O) groups is 1. The van der Waals surface area contributed by atoms with E-state index >= 15 is 0 Å². The van der Waals surface area contributed by atoms with Crippen molar-refractivity contribution in [2.75, 3.05) is 5.32 Å². The summed E-state index contributed by atoms with van der Waals surface area (Å²) in [4.78, 5) is 20.7. The molecule has 0 aliphatic heterocycles. The van der Waals surface area contributed by atoms with Crippen molar-refractivity contribution in [1.82, 2.24) is 0 Å². The van der Waals surface area contributed by atoms with Crippen LogP contribution in [0.5, 0.6) is 0 Å². The van der Waals surface area contributed by atoms with E-state index < -0.39 is 17.0 Å². The molecule has 0 unspecified atom stereocenters. The second kappa shape index (κ2) is 5.30. The van der Waals surface area contributed by atoms with E-state index in [9.17, 15) is 28.1 Å². The van der Waals surface area contributed by atoms with E-state index in [1.165, 1.54) is 12.1 Å². The summed E-state index contributed by atoms with van der Waals surface area (Å²) in [7, 11) is 0. The maximum absolute atomic E-state index is 11.8. The Labute approximate surface area is 99.1 Å². The molecule has 1 rings (SSSR count). The van der Waals surface area contributed by atoms with Crippen molar-refractivity contribution in [3.8, 4) is 0 Å². The third-order valence-electron chi connectivity index (χ3n) is 1.77. The predicted octanol–water partition coefficient (Wildman–Crippen LogP) is 2.65. The number of anilines is 1. The first-order valence-electron chi connectivity index (χ1n) is 4.59. The molecule has 0 heterocycles. The summed E-state index contributed by atoms with van der Waals surface area (Å²) in [5.41, 5.74) is -0.0174. The number of halogens is 3. The van der Waals surface area contributed by atoms with Crippen molar-refractivity contribution in [2.45, 2.75) is 6.18 Å². The highest BCUT2D eigenvalue weighted by Gasteiger charge is 2.22. The van der Waals surface area contributed by atoms with Crippen LogP contribution in [0.25, 0.3) is 0 Å². The van der Waals surface area contributed by atoms with E-state index in [0.717, 1.165) is 12.1 Å². The van der Waals surface area contributed by atoms with Crippen molar-refractivity contribution in [3.05, 3.63) is 46.5 Å². The van der Waals surface area contributed by atoms with Crippen molar-refractivity contribution in [3.63, 3.8) is 0 Å². The van der Waals surface area contributed by atoms with Gasteiger partial charge < -0.3 is 5.32 Å². The van der Waals surface area contributed by atoms with Gasteiger partial charge in [-0.15, -0.1) is 0 Å². The summed E-state index contributed by atoms with van der Waals surface area (Å²) in [6.07, 6.45) is -4.43. The smallest absolute Gasteiger partial charge is 0.323 e. The molecule has 96 valence electrons. The van der Waals surface area contributed by atoms with Gasteiger partial charge in [0.15, 0.2) is 0 Å². The lowest BCUT2D eigenvalue weighted by Crippen LogP contribution is -2.10. The minimum absolute atomic E-state index is 0.164. The van der Waals surface area contributed by atoms with Crippen LogP contribution in [-0.2, 0) is 4.79 Å². The van der Waals surface area contributed by atoms with Gasteiger partial charge in [0, 0.05) is 30.0 Å². The molecule has 5 nitrogen and oxygen atoms in total. The lowest BCUT2D eigenvalue weighted by Gasteiger charge is -2.02. The first kappa shape index (κ1) is 13.7. The zero-order chi connectivity index (χ0) is 13.8. The van der Waals surface area contributed by atoms with Crippen molar-refractivity contribution in [2.24, 2.45) is 0 Å². The number of hydrogen-bond acceptors (Lipinski definition) is 3. The van der Waals surface area contributed by atoms with Crippen LogP contribution in [-0.4, -0.2) is 17.0 Å². The van der Waals surface area contributed by atoms with E-state index in [1.807, 2.05) is 0 Å². The first-order chi connectivity index (χ1) is 8.28. The van der Waals surface area contributed by atoms with Gasteiger partial charge in [0.25, 0.3) is 5.69 Å². The van der Waals surface area contributed by atoms with Gasteiger partial charge in [-0.05, 0) is 12.1 Å². The first-order valence-corrected chi connectivity index (χ1v) is 4.59. The second-order valence-corrected chi connectivity index (χ2v) is 3.17. The van der Waals surface area contributed by atoms with Crippen LogP contribution < -0.4 is 5.32 Å². The molecule has 0 saturated carbocycles. The molecule has 0 saturated heterocycles. The number of nitro groups is 1. The molecule has 0 bridgehead atoms. The summed E-state index contributed by atoms with van der Waals surface area (Å²) < 4.78 is 35.3. The van der Waals surface area contributed by atoms with Gasteiger partial charge in [0.2, 0.25) is 5.91 Å². The fourth-order valence-corrected chi connectivity index (χ4v) is 1.02. The number of rotatable bonds is 3. The molecule has 0 fully saturated rings. The van der Waals surface area contributed by atoms with Crippen LogP contribution in [0.2, 0.25) is 0 Å². The Bertz CT molecular complexity index is 480. The number of alkyl halides is 3. The number of nitrogens with one attached hydrogen (secondary N) is 1. The van der Waals surface area contributed by atoms with Crippen molar-refractivity contribution in [1.29, 1.82) is 0 Å². The largest absolute Gasteiger partial charge is 0.409 e. The molecule has 1 aromatic carbocycles. The minimum Gasteiger partial charge on any atom is -0.323 e. The zero-order valence-corrected chi connectivity index (χ0v) is 8.77. The number of allylic oxidation sites excluding steroid dienone is 1. The number of hydrogen-bond donors (Lipinski definition) is 1. The molecular weight excluding hydrogens is 253 g/mol. The minimum atomic E-state index is -4.56. The van der Waals surface area contributed by atoms with Crippen molar-refractivity contribution >= 4 is 17.3 Å². The molecule has 0 radical (unpaired) electrons. The molecule has 0 aromatic heterocycles. The highest BCUT2D eigenvalue weighted by molar-refractivity contribution is 5.99. The number of carbonyl (C=O) groups excluding carboxylic acids is 1. The maximum atomic E-state index is 11.8. The Morgan fingerprint density at radius 2 is 1.83 bits per heavy atom.